The lowest BCUT2D eigenvalue weighted by Crippen LogP contribution is -2.34. The fraction of sp³-hybridized carbons (Fsp3) is 0.200. The van der Waals surface area contributed by atoms with Gasteiger partial charge in [-0.15, -0.1) is 0 Å². The monoisotopic (exact) mass is 374 g/mol. The Morgan fingerprint density at radius 3 is 2.61 bits per heavy atom. The minimum absolute atomic E-state index is 0.107. The topological polar surface area (TPSA) is 93.8 Å². The van der Waals surface area contributed by atoms with Crippen LogP contribution in [0.3, 0.4) is 0 Å². The van der Waals surface area contributed by atoms with Crippen LogP contribution in [0.4, 0.5) is 0 Å². The van der Waals surface area contributed by atoms with Crippen LogP contribution in [0.15, 0.2) is 64.6 Å². The Morgan fingerprint density at radius 1 is 1.04 bits per heavy atom. The number of rotatable bonds is 3. The number of hydrazine groups is 1. The molecule has 1 unspecified atom stereocenters. The van der Waals surface area contributed by atoms with Gasteiger partial charge in [0.25, 0.3) is 11.1 Å². The van der Waals surface area contributed by atoms with E-state index in [0.717, 1.165) is 18.7 Å². The van der Waals surface area contributed by atoms with Gasteiger partial charge in [0.1, 0.15) is 6.17 Å². The second kappa shape index (κ2) is 6.66. The van der Waals surface area contributed by atoms with Gasteiger partial charge in [-0.25, -0.2) is 10.4 Å². The first-order valence-corrected chi connectivity index (χ1v) is 9.14. The SMILES string of the molecule is O=c1c2cc3c(=O)n(C4CCNN4)ccc3nc2ccn1Cc1ccccn1. The normalized spacial score (nSPS) is 16.8. The Labute approximate surface area is 159 Å². The molecule has 8 nitrogen and oxygen atoms in total. The largest absolute Gasteiger partial charge is 0.309 e. The average Bonchev–Trinajstić information content (AvgIpc) is 3.25. The molecule has 0 amide bonds. The molecule has 0 saturated carbocycles. The molecular weight excluding hydrogens is 356 g/mol. The second-order valence-corrected chi connectivity index (χ2v) is 6.83. The number of hydrogen-bond acceptors (Lipinski definition) is 6. The highest BCUT2D eigenvalue weighted by Crippen LogP contribution is 2.16. The highest BCUT2D eigenvalue weighted by molar-refractivity contribution is 5.91. The van der Waals surface area contributed by atoms with Crippen LogP contribution in [0, 0.1) is 0 Å². The van der Waals surface area contributed by atoms with Gasteiger partial charge in [0.05, 0.1) is 34.0 Å². The van der Waals surface area contributed by atoms with Crippen molar-refractivity contribution >= 4 is 21.8 Å². The smallest absolute Gasteiger partial charge is 0.261 e. The number of nitrogens with zero attached hydrogens (tertiary/aromatic N) is 4. The molecule has 0 spiro atoms. The van der Waals surface area contributed by atoms with E-state index < -0.39 is 0 Å². The lowest BCUT2D eigenvalue weighted by atomic mass is 10.2. The number of fused-ring (bicyclic) bond motifs is 2. The molecule has 1 atom stereocenters. The van der Waals surface area contributed by atoms with E-state index in [-0.39, 0.29) is 17.3 Å². The van der Waals surface area contributed by atoms with Crippen molar-refractivity contribution in [2.75, 3.05) is 6.54 Å². The molecule has 0 bridgehead atoms. The Bertz CT molecular complexity index is 1290. The third-order valence-corrected chi connectivity index (χ3v) is 5.05. The highest BCUT2D eigenvalue weighted by atomic mass is 16.1. The molecule has 2 N–H and O–H groups in total. The predicted molar refractivity (Wildman–Crippen MR) is 106 cm³/mol. The Morgan fingerprint density at radius 2 is 1.86 bits per heavy atom. The van der Waals surface area contributed by atoms with Crippen molar-refractivity contribution in [1.29, 1.82) is 0 Å². The number of hydrogen-bond donors (Lipinski definition) is 2. The van der Waals surface area contributed by atoms with Crippen molar-refractivity contribution in [3.8, 4) is 0 Å². The first kappa shape index (κ1) is 16.8. The minimum Gasteiger partial charge on any atom is -0.309 e. The summed E-state index contributed by atoms with van der Waals surface area (Å²) in [6, 6.07) is 10.9. The van der Waals surface area contributed by atoms with Gasteiger partial charge in [0.2, 0.25) is 0 Å². The molecule has 4 aromatic heterocycles. The molecule has 28 heavy (non-hydrogen) atoms. The van der Waals surface area contributed by atoms with Crippen LogP contribution >= 0.6 is 0 Å². The van der Waals surface area contributed by atoms with Gasteiger partial charge in [-0.05, 0) is 36.8 Å². The van der Waals surface area contributed by atoms with Gasteiger partial charge in [-0.1, -0.05) is 6.07 Å². The molecular formula is C20H18N6O2. The molecule has 0 aromatic carbocycles. The molecule has 1 fully saturated rings. The van der Waals surface area contributed by atoms with Crippen molar-refractivity contribution in [3.63, 3.8) is 0 Å². The van der Waals surface area contributed by atoms with E-state index in [1.54, 1.807) is 39.9 Å². The van der Waals surface area contributed by atoms with Crippen molar-refractivity contribution in [2.45, 2.75) is 19.1 Å². The van der Waals surface area contributed by atoms with E-state index in [2.05, 4.69) is 20.8 Å². The summed E-state index contributed by atoms with van der Waals surface area (Å²) in [5, 5.41) is 0.870. The summed E-state index contributed by atoms with van der Waals surface area (Å²) in [6.45, 7) is 1.16. The Kier molecular flexibility index (Phi) is 4.00. The summed E-state index contributed by atoms with van der Waals surface area (Å²) in [4.78, 5) is 34.8. The molecule has 140 valence electrons. The minimum atomic E-state index is -0.187. The zero-order chi connectivity index (χ0) is 19.1. The molecule has 0 radical (unpaired) electrons. The lowest BCUT2D eigenvalue weighted by Gasteiger charge is -2.14. The summed E-state index contributed by atoms with van der Waals surface area (Å²) in [5.74, 6) is 0. The van der Waals surface area contributed by atoms with E-state index >= 15 is 0 Å². The summed E-state index contributed by atoms with van der Waals surface area (Å²) in [7, 11) is 0. The molecule has 1 saturated heterocycles. The van der Waals surface area contributed by atoms with Crippen LogP contribution in [0.1, 0.15) is 18.3 Å². The molecule has 5 rings (SSSR count). The highest BCUT2D eigenvalue weighted by Gasteiger charge is 2.18. The average molecular weight is 374 g/mol. The quantitative estimate of drug-likeness (QED) is 0.523. The Hall–Kier alpha value is -3.36. The number of aromatic nitrogens is 4. The third kappa shape index (κ3) is 2.79. The van der Waals surface area contributed by atoms with Crippen LogP contribution in [-0.4, -0.2) is 25.6 Å². The molecule has 1 aliphatic rings. The standard InChI is InChI=1S/C20H18N6O2/c27-19-14-11-15-17(6-10-26(20(15)28)18-4-8-22-24-18)23-16(14)5-9-25(19)12-13-3-1-2-7-21-13/h1-3,5-7,9-11,18,22,24H,4,8,12H2. The van der Waals surface area contributed by atoms with Gasteiger partial charge >= 0.3 is 0 Å². The number of nitrogens with one attached hydrogen (secondary N) is 2. The van der Waals surface area contributed by atoms with Crippen molar-refractivity contribution in [3.05, 3.63) is 81.4 Å². The fourth-order valence-electron chi connectivity index (χ4n) is 3.60. The van der Waals surface area contributed by atoms with Gasteiger partial charge in [0.15, 0.2) is 0 Å². The summed E-state index contributed by atoms with van der Waals surface area (Å²) in [5.41, 5.74) is 7.72. The van der Waals surface area contributed by atoms with Crippen LogP contribution in [0.2, 0.25) is 0 Å². The second-order valence-electron chi connectivity index (χ2n) is 6.83. The maximum Gasteiger partial charge on any atom is 0.261 e. The molecule has 0 aliphatic carbocycles. The summed E-state index contributed by atoms with van der Waals surface area (Å²) in [6.07, 6.45) is 5.86. The van der Waals surface area contributed by atoms with E-state index in [0.29, 0.717) is 28.4 Å². The van der Waals surface area contributed by atoms with E-state index in [1.165, 1.54) is 0 Å². The van der Waals surface area contributed by atoms with Crippen molar-refractivity contribution in [2.24, 2.45) is 0 Å². The van der Waals surface area contributed by atoms with Crippen LogP contribution in [0.5, 0.6) is 0 Å². The Balaban J connectivity index is 1.66. The first-order chi connectivity index (χ1) is 13.7. The van der Waals surface area contributed by atoms with Crippen LogP contribution < -0.4 is 22.0 Å². The first-order valence-electron chi connectivity index (χ1n) is 9.14. The maximum atomic E-state index is 13.0. The van der Waals surface area contributed by atoms with E-state index in [9.17, 15) is 9.59 Å². The number of pyridine rings is 4. The van der Waals surface area contributed by atoms with Gasteiger partial charge in [-0.2, -0.15) is 0 Å². The van der Waals surface area contributed by atoms with Crippen molar-refractivity contribution < 1.29 is 0 Å². The predicted octanol–water partition coefficient (Wildman–Crippen LogP) is 1.15. The summed E-state index contributed by atoms with van der Waals surface area (Å²) < 4.78 is 3.23. The molecule has 8 heteroatoms. The van der Waals surface area contributed by atoms with Crippen LogP contribution in [0.25, 0.3) is 21.8 Å². The van der Waals surface area contributed by atoms with E-state index in [4.69, 9.17) is 0 Å². The van der Waals surface area contributed by atoms with Gasteiger partial charge in [0, 0.05) is 25.1 Å². The zero-order valence-electron chi connectivity index (χ0n) is 15.0. The molecule has 1 aliphatic heterocycles. The zero-order valence-corrected chi connectivity index (χ0v) is 15.0. The maximum absolute atomic E-state index is 13.0. The van der Waals surface area contributed by atoms with Gasteiger partial charge in [-0.3, -0.25) is 24.6 Å². The molecule has 4 aromatic rings. The van der Waals surface area contributed by atoms with Crippen LogP contribution in [-0.2, 0) is 6.54 Å². The fourth-order valence-corrected chi connectivity index (χ4v) is 3.60. The summed E-state index contributed by atoms with van der Waals surface area (Å²) >= 11 is 0. The van der Waals surface area contributed by atoms with Crippen molar-refractivity contribution in [1.82, 2.24) is 30.0 Å². The lowest BCUT2D eigenvalue weighted by molar-refractivity contribution is 0.432. The van der Waals surface area contributed by atoms with Gasteiger partial charge < -0.3 is 4.57 Å². The third-order valence-electron chi connectivity index (χ3n) is 5.05. The molecule has 5 heterocycles. The van der Waals surface area contributed by atoms with E-state index in [1.807, 2.05) is 24.3 Å².